The summed E-state index contributed by atoms with van der Waals surface area (Å²) in [6, 6.07) is 0. The fourth-order valence-corrected chi connectivity index (χ4v) is 6.97. The van der Waals surface area contributed by atoms with Gasteiger partial charge >= 0.3 is 12.2 Å². The molecule has 2 heterocycles. The molecule has 0 aromatic carbocycles. The van der Waals surface area contributed by atoms with E-state index >= 15 is 0 Å². The Morgan fingerprint density at radius 2 is 0.540 bits per heavy atom. The zero-order chi connectivity index (χ0) is 35.7. The van der Waals surface area contributed by atoms with E-state index in [0.29, 0.717) is 13.1 Å². The average Bonchev–Trinajstić information content (AvgIpc) is 3.11. The number of hydrogen-bond donors (Lipinski definition) is 2. The Labute approximate surface area is 306 Å². The van der Waals surface area contributed by atoms with E-state index in [4.69, 9.17) is 0 Å². The zero-order valence-corrected chi connectivity index (χ0v) is 32.6. The minimum atomic E-state index is -0.854. The summed E-state index contributed by atoms with van der Waals surface area (Å²) in [5.74, 6) is 0.473. The topological polar surface area (TPSA) is 75.6 Å². The zero-order valence-electron chi connectivity index (χ0n) is 32.6. The molecule has 6 nitrogen and oxygen atoms in total. The van der Waals surface area contributed by atoms with Gasteiger partial charge in [0.2, 0.25) is 0 Å². The monoisotopic (exact) mass is 703 g/mol. The first kappa shape index (κ1) is 44.0. The minimum Gasteiger partial charge on any atom is -0.368 e. The van der Waals surface area contributed by atoms with Gasteiger partial charge in [0, 0.05) is 13.1 Å². The second kappa shape index (κ2) is 31.6. The molecule has 0 amide bonds. The molecule has 2 aromatic rings. The molecule has 0 aliphatic rings. The molecule has 0 aliphatic carbocycles. The van der Waals surface area contributed by atoms with Crippen molar-refractivity contribution >= 4 is 22.7 Å². The Morgan fingerprint density at radius 3 is 0.780 bits per heavy atom. The lowest BCUT2D eigenvalue weighted by molar-refractivity contribution is 0.529. The van der Waals surface area contributed by atoms with Crippen LogP contribution in [0, 0.1) is 12.2 Å². The van der Waals surface area contributed by atoms with Crippen LogP contribution in [-0.2, 0) is 0 Å². The highest BCUT2D eigenvalue weighted by atomic mass is 19.1. The number of hydrogen-bond acceptors (Lipinski definition) is 6. The van der Waals surface area contributed by atoms with Gasteiger partial charge in [0.25, 0.3) is 0 Å². The number of aromatic nitrogens is 4. The van der Waals surface area contributed by atoms with Crippen LogP contribution in [0.2, 0.25) is 0 Å². The van der Waals surface area contributed by atoms with Gasteiger partial charge in [0.15, 0.2) is 11.6 Å². The molecule has 2 rings (SSSR count). The number of anilines is 2. The maximum atomic E-state index is 14.4. The fourth-order valence-electron chi connectivity index (χ4n) is 6.97. The van der Waals surface area contributed by atoms with Crippen molar-refractivity contribution in [3.05, 3.63) is 12.2 Å². The largest absolute Gasteiger partial charge is 0.368 e. The maximum absolute atomic E-state index is 14.4. The molecule has 0 saturated carbocycles. The van der Waals surface area contributed by atoms with Crippen LogP contribution in [-0.4, -0.2) is 33.0 Å². The van der Waals surface area contributed by atoms with E-state index in [1.807, 2.05) is 0 Å². The third kappa shape index (κ3) is 22.6. The Hall–Kier alpha value is -2.12. The van der Waals surface area contributed by atoms with Gasteiger partial charge in [-0.3, -0.25) is 0 Å². The van der Waals surface area contributed by atoms with Crippen LogP contribution in [0.15, 0.2) is 0 Å². The van der Waals surface area contributed by atoms with Gasteiger partial charge in [-0.15, -0.1) is 0 Å². The predicted octanol–water partition coefficient (Wildman–Crippen LogP) is 14.0. The van der Waals surface area contributed by atoms with Crippen LogP contribution in [0.1, 0.15) is 219 Å². The third-order valence-electron chi connectivity index (χ3n) is 10.1. The lowest BCUT2D eigenvalue weighted by Crippen LogP contribution is -2.11. The van der Waals surface area contributed by atoms with Crippen LogP contribution in [0.25, 0.3) is 11.0 Å². The molecule has 0 aliphatic heterocycles. The summed E-state index contributed by atoms with van der Waals surface area (Å²) in [5.41, 5.74) is 0.453. The van der Waals surface area contributed by atoms with E-state index in [1.165, 1.54) is 180 Å². The van der Waals surface area contributed by atoms with Gasteiger partial charge in [-0.1, -0.05) is 206 Å². The van der Waals surface area contributed by atoms with E-state index < -0.39 is 12.2 Å². The molecule has 0 spiro atoms. The number of nitrogens with zero attached hydrogens (tertiary/aromatic N) is 4. The van der Waals surface area contributed by atoms with Gasteiger partial charge in [0.05, 0.1) is 0 Å². The van der Waals surface area contributed by atoms with Crippen molar-refractivity contribution in [3.63, 3.8) is 0 Å². The fraction of sp³-hybridized carbons (Fsp3) is 0.857. The first-order valence-electron chi connectivity index (χ1n) is 21.5. The summed E-state index contributed by atoms with van der Waals surface area (Å²) in [6.45, 7) is 5.83. The molecule has 0 unspecified atom stereocenters. The minimum absolute atomic E-state index is 0.227. The molecule has 8 heteroatoms. The first-order chi connectivity index (χ1) is 24.7. The molecule has 2 N–H and O–H groups in total. The van der Waals surface area contributed by atoms with Gasteiger partial charge < -0.3 is 10.6 Å². The summed E-state index contributed by atoms with van der Waals surface area (Å²) in [6.07, 6.45) is 40.4. The van der Waals surface area contributed by atoms with Gasteiger partial charge in [-0.25, -0.2) is 0 Å². The Morgan fingerprint density at radius 1 is 0.320 bits per heavy atom. The average molecular weight is 703 g/mol. The third-order valence-corrected chi connectivity index (χ3v) is 10.1. The molecule has 0 saturated heterocycles. The maximum Gasteiger partial charge on any atom is 0.311 e. The van der Waals surface area contributed by atoms with Gasteiger partial charge in [-0.2, -0.15) is 28.7 Å². The van der Waals surface area contributed by atoms with Crippen molar-refractivity contribution < 1.29 is 8.78 Å². The molecule has 0 fully saturated rings. The molecule has 2 aromatic heterocycles. The van der Waals surface area contributed by atoms with Crippen LogP contribution >= 0.6 is 0 Å². The Kier molecular flexibility index (Phi) is 27.8. The van der Waals surface area contributed by atoms with Crippen LogP contribution in [0.3, 0.4) is 0 Å². The molecule has 50 heavy (non-hydrogen) atoms. The molecule has 0 atom stereocenters. The quantitative estimate of drug-likeness (QED) is 0.0544. The number of fused-ring (bicyclic) bond motifs is 1. The van der Waals surface area contributed by atoms with Crippen molar-refractivity contribution in [2.45, 2.75) is 219 Å². The number of halogens is 2. The van der Waals surface area contributed by atoms with E-state index in [1.54, 1.807) is 0 Å². The molecule has 0 bridgehead atoms. The van der Waals surface area contributed by atoms with Crippen LogP contribution in [0.5, 0.6) is 0 Å². The van der Waals surface area contributed by atoms with Crippen molar-refractivity contribution in [2.24, 2.45) is 0 Å². The van der Waals surface area contributed by atoms with Crippen molar-refractivity contribution in [2.75, 3.05) is 23.7 Å². The number of rotatable bonds is 36. The van der Waals surface area contributed by atoms with Gasteiger partial charge in [-0.05, 0) is 12.8 Å². The molecular formula is C42H76F2N6. The van der Waals surface area contributed by atoms with Crippen molar-refractivity contribution in [1.82, 2.24) is 19.9 Å². The van der Waals surface area contributed by atoms with Crippen LogP contribution < -0.4 is 10.6 Å². The highest BCUT2D eigenvalue weighted by Gasteiger charge is 2.16. The smallest absolute Gasteiger partial charge is 0.311 e. The Bertz CT molecular complexity index is 985. The van der Waals surface area contributed by atoms with Crippen molar-refractivity contribution in [1.29, 1.82) is 0 Å². The standard InChI is InChI=1S/C42H76F2N6/c1-3-5-7-9-11-13-15-17-19-21-23-25-27-29-31-33-35-45-39-37-38(48-41(43)49-39)40(50-42(44)47-37)46-36-34-32-30-28-26-24-22-20-18-16-14-12-10-8-6-4-2/h3-36H2,1-2H3,(H,45,48,49)(H,46,47,50). The Balaban J connectivity index is 1.52. The predicted molar refractivity (Wildman–Crippen MR) is 211 cm³/mol. The summed E-state index contributed by atoms with van der Waals surface area (Å²) < 4.78 is 28.8. The summed E-state index contributed by atoms with van der Waals surface area (Å²) in [7, 11) is 0. The lowest BCUT2D eigenvalue weighted by atomic mass is 10.0. The van der Waals surface area contributed by atoms with E-state index in [2.05, 4.69) is 44.4 Å². The molecule has 288 valence electrons. The first-order valence-corrected chi connectivity index (χ1v) is 21.5. The van der Waals surface area contributed by atoms with E-state index in [0.717, 1.165) is 25.7 Å². The second-order valence-electron chi connectivity index (χ2n) is 14.8. The normalized spacial score (nSPS) is 11.5. The summed E-state index contributed by atoms with van der Waals surface area (Å²) in [4.78, 5) is 15.7. The molecular weight excluding hydrogens is 627 g/mol. The molecule has 0 radical (unpaired) electrons. The lowest BCUT2D eigenvalue weighted by Gasteiger charge is -2.11. The van der Waals surface area contributed by atoms with E-state index in [-0.39, 0.29) is 22.7 Å². The number of unbranched alkanes of at least 4 members (excludes halogenated alkanes) is 30. The number of nitrogens with one attached hydrogen (secondary N) is 2. The SMILES string of the molecule is CCCCCCCCCCCCCCCCCCNc1nc(F)nc2c(NCCCCCCCCCCCCCCCCCC)nc(F)nc12. The van der Waals surface area contributed by atoms with Crippen molar-refractivity contribution in [3.8, 4) is 0 Å². The highest BCUT2D eigenvalue weighted by molar-refractivity contribution is 5.91. The highest BCUT2D eigenvalue weighted by Crippen LogP contribution is 2.24. The van der Waals surface area contributed by atoms with Crippen LogP contribution in [0.4, 0.5) is 20.4 Å². The van der Waals surface area contributed by atoms with Gasteiger partial charge in [0.1, 0.15) is 11.0 Å². The summed E-state index contributed by atoms with van der Waals surface area (Å²) >= 11 is 0. The summed E-state index contributed by atoms with van der Waals surface area (Å²) in [5, 5.41) is 6.36. The van der Waals surface area contributed by atoms with E-state index in [9.17, 15) is 8.78 Å². The second-order valence-corrected chi connectivity index (χ2v) is 14.8.